The number of fused-ring (bicyclic) bond motifs is 2. The van der Waals surface area contributed by atoms with Crippen LogP contribution in [0.1, 0.15) is 11.1 Å². The van der Waals surface area contributed by atoms with E-state index in [0.29, 0.717) is 10.9 Å². The lowest BCUT2D eigenvalue weighted by atomic mass is 10.1. The zero-order valence-corrected chi connectivity index (χ0v) is 17.0. The number of anilines is 2. The number of nitrogens with zero attached hydrogens (tertiary/aromatic N) is 3. The molecule has 3 aromatic carbocycles. The lowest BCUT2D eigenvalue weighted by Gasteiger charge is -2.14. The van der Waals surface area contributed by atoms with Gasteiger partial charge in [-0.15, -0.1) is 0 Å². The van der Waals surface area contributed by atoms with E-state index in [4.69, 9.17) is 0 Å². The first-order valence-electron chi connectivity index (χ1n) is 9.87. The fourth-order valence-corrected chi connectivity index (χ4v) is 3.73. The molecule has 5 aromatic rings. The molecule has 172 valence electrons. The van der Waals surface area contributed by atoms with Gasteiger partial charge in [0, 0.05) is 10.9 Å². The molecular formula is C23H13F6N5. The SMILES string of the molecule is FC(F)(F)c1ccccc1-c1nc(Nc2n[nH]c3cccc(C(F)(F)F)c23)c2ccccc2n1. The molecule has 2 heterocycles. The summed E-state index contributed by atoms with van der Waals surface area (Å²) < 4.78 is 81.6. The van der Waals surface area contributed by atoms with Crippen molar-refractivity contribution in [1.29, 1.82) is 0 Å². The largest absolute Gasteiger partial charge is 0.417 e. The third-order valence-electron chi connectivity index (χ3n) is 5.21. The lowest BCUT2D eigenvalue weighted by Crippen LogP contribution is -2.09. The van der Waals surface area contributed by atoms with E-state index in [1.807, 2.05) is 0 Å². The molecule has 0 radical (unpaired) electrons. The van der Waals surface area contributed by atoms with Crippen molar-refractivity contribution in [3.8, 4) is 11.4 Å². The maximum absolute atomic E-state index is 13.6. The Kier molecular flexibility index (Phi) is 4.92. The number of hydrogen-bond donors (Lipinski definition) is 2. The second-order valence-electron chi connectivity index (χ2n) is 7.38. The minimum absolute atomic E-state index is 0.0166. The van der Waals surface area contributed by atoms with Crippen LogP contribution in [0.3, 0.4) is 0 Å². The molecule has 0 saturated carbocycles. The van der Waals surface area contributed by atoms with Crippen molar-refractivity contribution in [2.45, 2.75) is 12.4 Å². The van der Waals surface area contributed by atoms with Crippen LogP contribution in [0.5, 0.6) is 0 Å². The van der Waals surface area contributed by atoms with Gasteiger partial charge in [-0.05, 0) is 30.3 Å². The van der Waals surface area contributed by atoms with E-state index in [-0.39, 0.29) is 33.9 Å². The first-order valence-corrected chi connectivity index (χ1v) is 9.87. The molecule has 0 atom stereocenters. The van der Waals surface area contributed by atoms with Crippen molar-refractivity contribution >= 4 is 33.4 Å². The number of H-pyrrole nitrogens is 1. The predicted octanol–water partition coefficient (Wildman–Crippen LogP) is 6.95. The Morgan fingerprint density at radius 2 is 1.35 bits per heavy atom. The van der Waals surface area contributed by atoms with E-state index in [1.165, 1.54) is 30.3 Å². The van der Waals surface area contributed by atoms with Crippen LogP contribution < -0.4 is 5.32 Å². The Morgan fingerprint density at radius 3 is 2.12 bits per heavy atom. The molecule has 5 rings (SSSR count). The Hall–Kier alpha value is -4.15. The first-order chi connectivity index (χ1) is 16.1. The minimum Gasteiger partial charge on any atom is -0.322 e. The molecule has 34 heavy (non-hydrogen) atoms. The summed E-state index contributed by atoms with van der Waals surface area (Å²) >= 11 is 0. The van der Waals surface area contributed by atoms with Crippen molar-refractivity contribution in [3.05, 3.63) is 77.9 Å². The molecule has 0 amide bonds. The molecular weight excluding hydrogens is 460 g/mol. The topological polar surface area (TPSA) is 66.5 Å². The summed E-state index contributed by atoms with van der Waals surface area (Å²) in [6.07, 6.45) is -9.30. The number of hydrogen-bond acceptors (Lipinski definition) is 4. The van der Waals surface area contributed by atoms with Gasteiger partial charge in [-0.3, -0.25) is 5.10 Å². The van der Waals surface area contributed by atoms with Crippen LogP contribution in [-0.4, -0.2) is 20.2 Å². The Bertz CT molecular complexity index is 1520. The van der Waals surface area contributed by atoms with E-state index in [9.17, 15) is 26.3 Å². The van der Waals surface area contributed by atoms with Crippen LogP contribution in [0.4, 0.5) is 38.0 Å². The molecule has 0 spiro atoms. The van der Waals surface area contributed by atoms with Crippen molar-refractivity contribution in [2.75, 3.05) is 5.32 Å². The number of halogens is 6. The summed E-state index contributed by atoms with van der Waals surface area (Å²) in [5.74, 6) is -0.380. The predicted molar refractivity (Wildman–Crippen MR) is 114 cm³/mol. The normalized spacial score (nSPS) is 12.4. The fraction of sp³-hybridized carbons (Fsp3) is 0.0870. The van der Waals surface area contributed by atoms with Gasteiger partial charge in [-0.1, -0.05) is 36.4 Å². The van der Waals surface area contributed by atoms with Crippen LogP contribution in [0, 0.1) is 0 Å². The van der Waals surface area contributed by atoms with Crippen LogP contribution in [0.15, 0.2) is 66.7 Å². The number of aromatic nitrogens is 4. The smallest absolute Gasteiger partial charge is 0.322 e. The van der Waals surface area contributed by atoms with Crippen molar-refractivity contribution < 1.29 is 26.3 Å². The van der Waals surface area contributed by atoms with E-state index in [2.05, 4.69) is 25.5 Å². The monoisotopic (exact) mass is 473 g/mol. The molecule has 0 fully saturated rings. The molecule has 0 aliphatic rings. The molecule has 0 unspecified atom stereocenters. The van der Waals surface area contributed by atoms with Gasteiger partial charge in [0.05, 0.1) is 27.5 Å². The second-order valence-corrected chi connectivity index (χ2v) is 7.38. The highest BCUT2D eigenvalue weighted by atomic mass is 19.4. The van der Waals surface area contributed by atoms with Crippen LogP contribution in [-0.2, 0) is 12.4 Å². The van der Waals surface area contributed by atoms with Crippen molar-refractivity contribution in [1.82, 2.24) is 20.2 Å². The second kappa shape index (κ2) is 7.72. The number of rotatable bonds is 3. The highest BCUT2D eigenvalue weighted by molar-refractivity contribution is 5.98. The van der Waals surface area contributed by atoms with E-state index in [1.54, 1.807) is 24.3 Å². The van der Waals surface area contributed by atoms with Crippen molar-refractivity contribution in [2.24, 2.45) is 0 Å². The molecule has 0 bridgehead atoms. The standard InChI is InChI=1S/C23H13F6N5/c24-22(25,26)14-8-3-1-6-12(14)19-30-16-10-4-2-7-13(16)20(31-19)32-21-18-15(23(27,28)29)9-5-11-17(18)33-34-21/h1-11H,(H2,30,31,32,33,34). The maximum Gasteiger partial charge on any atom is 0.417 e. The van der Waals surface area contributed by atoms with Crippen LogP contribution in [0.2, 0.25) is 0 Å². The summed E-state index contributed by atoms with van der Waals surface area (Å²) in [6, 6.07) is 14.9. The van der Waals surface area contributed by atoms with Gasteiger partial charge in [0.1, 0.15) is 5.82 Å². The van der Waals surface area contributed by atoms with Gasteiger partial charge >= 0.3 is 12.4 Å². The number of aromatic amines is 1. The third-order valence-corrected chi connectivity index (χ3v) is 5.21. The highest BCUT2D eigenvalue weighted by Crippen LogP contribution is 2.40. The van der Waals surface area contributed by atoms with Gasteiger partial charge in [-0.25, -0.2) is 9.97 Å². The van der Waals surface area contributed by atoms with Crippen LogP contribution >= 0.6 is 0 Å². The van der Waals surface area contributed by atoms with Crippen LogP contribution in [0.25, 0.3) is 33.2 Å². The number of nitrogens with one attached hydrogen (secondary N) is 2. The molecule has 0 saturated heterocycles. The average Bonchev–Trinajstić information content (AvgIpc) is 3.20. The number of para-hydroxylation sites is 1. The highest BCUT2D eigenvalue weighted by Gasteiger charge is 2.35. The number of alkyl halides is 6. The van der Waals surface area contributed by atoms with Gasteiger partial charge in [0.2, 0.25) is 0 Å². The van der Waals surface area contributed by atoms with Crippen molar-refractivity contribution in [3.63, 3.8) is 0 Å². The summed E-state index contributed by atoms with van der Waals surface area (Å²) in [4.78, 5) is 8.53. The molecule has 11 heteroatoms. The lowest BCUT2D eigenvalue weighted by molar-refractivity contribution is -0.137. The average molecular weight is 473 g/mol. The quantitative estimate of drug-likeness (QED) is 0.278. The molecule has 2 N–H and O–H groups in total. The van der Waals surface area contributed by atoms with E-state index < -0.39 is 23.5 Å². The zero-order valence-electron chi connectivity index (χ0n) is 17.0. The van der Waals surface area contributed by atoms with Gasteiger partial charge in [0.25, 0.3) is 0 Å². The van der Waals surface area contributed by atoms with Gasteiger partial charge in [0.15, 0.2) is 11.6 Å². The Labute approximate surface area is 187 Å². The van der Waals surface area contributed by atoms with E-state index >= 15 is 0 Å². The zero-order chi connectivity index (χ0) is 24.1. The molecule has 5 nitrogen and oxygen atoms in total. The molecule has 2 aromatic heterocycles. The minimum atomic E-state index is -4.65. The summed E-state index contributed by atoms with van der Waals surface area (Å²) in [5, 5.41) is 9.46. The third kappa shape index (κ3) is 3.78. The first kappa shape index (κ1) is 21.7. The fourth-order valence-electron chi connectivity index (χ4n) is 3.73. The molecule has 0 aliphatic heterocycles. The Balaban J connectivity index is 1.71. The molecule has 0 aliphatic carbocycles. The summed E-state index contributed by atoms with van der Waals surface area (Å²) in [5.41, 5.74) is -1.66. The van der Waals surface area contributed by atoms with Gasteiger partial charge in [-0.2, -0.15) is 31.4 Å². The van der Waals surface area contributed by atoms with Gasteiger partial charge < -0.3 is 5.32 Å². The summed E-state index contributed by atoms with van der Waals surface area (Å²) in [6.45, 7) is 0. The number of benzene rings is 3. The van der Waals surface area contributed by atoms with E-state index in [0.717, 1.165) is 12.1 Å². The summed E-state index contributed by atoms with van der Waals surface area (Å²) in [7, 11) is 0. The Morgan fingerprint density at radius 1 is 0.676 bits per heavy atom. The maximum atomic E-state index is 13.6.